The summed E-state index contributed by atoms with van der Waals surface area (Å²) in [6, 6.07) is 0. The number of allylic oxidation sites excluding steroid dienone is 2. The van der Waals surface area contributed by atoms with E-state index in [0.29, 0.717) is 23.0 Å². The standard InChI is InChI=1S/C24H32O2/c1-3-14-11-15-12-16(25)5-6-17(15)18-7-9-23(2)22(21(14)18)19-13-20(19)24(23)8-4-10-26-24/h3,12,14,17-22H,1,4-11,13H2,2H3/t14?,17-,18?,19?,20?,21?,22?,23-,24-/m0/s1. The van der Waals surface area contributed by atoms with E-state index < -0.39 is 0 Å². The van der Waals surface area contributed by atoms with E-state index in [9.17, 15) is 4.79 Å². The van der Waals surface area contributed by atoms with Gasteiger partial charge in [0.15, 0.2) is 5.78 Å². The summed E-state index contributed by atoms with van der Waals surface area (Å²) in [5, 5.41) is 0. The second kappa shape index (κ2) is 5.13. The topological polar surface area (TPSA) is 26.3 Å². The lowest BCUT2D eigenvalue weighted by Gasteiger charge is -2.59. The molecule has 6 aliphatic rings. The van der Waals surface area contributed by atoms with Gasteiger partial charge in [0.25, 0.3) is 0 Å². The molecule has 1 heterocycles. The van der Waals surface area contributed by atoms with Crippen LogP contribution in [0.2, 0.25) is 0 Å². The highest BCUT2D eigenvalue weighted by molar-refractivity contribution is 5.91. The molecule has 4 saturated carbocycles. The van der Waals surface area contributed by atoms with Gasteiger partial charge < -0.3 is 4.74 Å². The highest BCUT2D eigenvalue weighted by Gasteiger charge is 2.77. The Morgan fingerprint density at radius 3 is 2.92 bits per heavy atom. The van der Waals surface area contributed by atoms with Crippen molar-refractivity contribution in [3.8, 4) is 0 Å². The molecule has 1 saturated heterocycles. The first kappa shape index (κ1) is 16.1. The van der Waals surface area contributed by atoms with Gasteiger partial charge in [0, 0.05) is 18.4 Å². The van der Waals surface area contributed by atoms with Crippen LogP contribution in [0.1, 0.15) is 58.3 Å². The molecule has 2 heteroatoms. The van der Waals surface area contributed by atoms with E-state index in [1.165, 1.54) is 37.7 Å². The number of hydrogen-bond donors (Lipinski definition) is 0. The Kier molecular flexibility index (Phi) is 3.18. The number of fused-ring (bicyclic) bond motifs is 9. The number of hydrogen-bond acceptors (Lipinski definition) is 2. The first-order valence-corrected chi connectivity index (χ1v) is 11.1. The molecule has 0 radical (unpaired) electrons. The third-order valence-electron chi connectivity index (χ3n) is 9.87. The van der Waals surface area contributed by atoms with Crippen molar-refractivity contribution in [1.29, 1.82) is 0 Å². The van der Waals surface area contributed by atoms with E-state index in [0.717, 1.165) is 55.5 Å². The van der Waals surface area contributed by atoms with E-state index in [-0.39, 0.29) is 5.60 Å². The number of ether oxygens (including phenoxy) is 1. The number of rotatable bonds is 1. The van der Waals surface area contributed by atoms with Crippen LogP contribution < -0.4 is 0 Å². The summed E-state index contributed by atoms with van der Waals surface area (Å²) in [4.78, 5) is 12.0. The Bertz CT molecular complexity index is 699. The van der Waals surface area contributed by atoms with E-state index in [2.05, 4.69) is 19.6 Å². The minimum absolute atomic E-state index is 0.206. The molecule has 6 unspecified atom stereocenters. The largest absolute Gasteiger partial charge is 0.374 e. The maximum atomic E-state index is 12.0. The van der Waals surface area contributed by atoms with Gasteiger partial charge in [-0.05, 0) is 92.4 Å². The van der Waals surface area contributed by atoms with Crippen LogP contribution in [-0.4, -0.2) is 18.0 Å². The quantitative estimate of drug-likeness (QED) is 0.625. The van der Waals surface area contributed by atoms with E-state index in [4.69, 9.17) is 4.74 Å². The smallest absolute Gasteiger partial charge is 0.155 e. The monoisotopic (exact) mass is 352 g/mol. The third-order valence-corrected chi connectivity index (χ3v) is 9.87. The van der Waals surface area contributed by atoms with Crippen molar-refractivity contribution >= 4 is 5.78 Å². The summed E-state index contributed by atoms with van der Waals surface area (Å²) in [6.07, 6.45) is 13.9. The summed E-state index contributed by atoms with van der Waals surface area (Å²) < 4.78 is 6.62. The second-order valence-corrected chi connectivity index (χ2v) is 10.5. The fourth-order valence-corrected chi connectivity index (χ4v) is 9.01. The minimum atomic E-state index is 0.206. The van der Waals surface area contributed by atoms with Crippen LogP contribution >= 0.6 is 0 Å². The molecule has 6 rings (SSSR count). The predicted octanol–water partition coefficient (Wildman–Crippen LogP) is 4.95. The SMILES string of the molecule is C=CC1CC2=CC(=O)CC[C@@H]2C2CC[C@@]3(C)C(C4CC4[C@@]34CCCO4)C12. The van der Waals surface area contributed by atoms with Crippen LogP contribution in [0, 0.1) is 46.8 Å². The fourth-order valence-electron chi connectivity index (χ4n) is 9.01. The van der Waals surface area contributed by atoms with E-state index >= 15 is 0 Å². The van der Waals surface area contributed by atoms with E-state index in [1.54, 1.807) is 0 Å². The van der Waals surface area contributed by atoms with Gasteiger partial charge in [0.05, 0.1) is 5.60 Å². The first-order chi connectivity index (χ1) is 12.6. The lowest BCUT2D eigenvalue weighted by Crippen LogP contribution is -2.56. The van der Waals surface area contributed by atoms with Crippen molar-refractivity contribution in [3.63, 3.8) is 0 Å². The van der Waals surface area contributed by atoms with Gasteiger partial charge in [-0.15, -0.1) is 6.58 Å². The predicted molar refractivity (Wildman–Crippen MR) is 101 cm³/mol. The summed E-state index contributed by atoms with van der Waals surface area (Å²) in [5.74, 6) is 5.74. The van der Waals surface area contributed by atoms with E-state index in [1.807, 2.05) is 6.08 Å². The Balaban J connectivity index is 1.42. The summed E-state index contributed by atoms with van der Waals surface area (Å²) >= 11 is 0. The highest BCUT2D eigenvalue weighted by Crippen LogP contribution is 2.78. The van der Waals surface area contributed by atoms with Crippen LogP contribution in [0.3, 0.4) is 0 Å². The zero-order valence-corrected chi connectivity index (χ0v) is 16.1. The summed E-state index contributed by atoms with van der Waals surface area (Å²) in [5.41, 5.74) is 2.05. The number of carbonyl (C=O) groups excluding carboxylic acids is 1. The molecule has 0 aromatic heterocycles. The van der Waals surface area contributed by atoms with Gasteiger partial charge in [-0.1, -0.05) is 18.6 Å². The first-order valence-electron chi connectivity index (χ1n) is 11.1. The molecular formula is C24H32O2. The van der Waals surface area contributed by atoms with Crippen LogP contribution in [0.25, 0.3) is 0 Å². The maximum Gasteiger partial charge on any atom is 0.155 e. The zero-order valence-electron chi connectivity index (χ0n) is 16.1. The van der Waals surface area contributed by atoms with Crippen LogP contribution in [-0.2, 0) is 9.53 Å². The van der Waals surface area contributed by atoms with Gasteiger partial charge in [0.2, 0.25) is 0 Å². The van der Waals surface area contributed by atoms with Gasteiger partial charge in [-0.25, -0.2) is 0 Å². The Labute approximate surface area is 157 Å². The molecule has 9 atom stereocenters. The lowest BCUT2D eigenvalue weighted by molar-refractivity contribution is -0.152. The molecule has 0 N–H and O–H groups in total. The molecule has 1 aliphatic heterocycles. The van der Waals surface area contributed by atoms with Crippen LogP contribution in [0.5, 0.6) is 0 Å². The fraction of sp³-hybridized carbons (Fsp3) is 0.792. The van der Waals surface area contributed by atoms with Crippen molar-refractivity contribution < 1.29 is 9.53 Å². The van der Waals surface area contributed by atoms with Gasteiger partial charge >= 0.3 is 0 Å². The Morgan fingerprint density at radius 1 is 1.27 bits per heavy atom. The van der Waals surface area contributed by atoms with Crippen LogP contribution in [0.4, 0.5) is 0 Å². The van der Waals surface area contributed by atoms with Gasteiger partial charge in [0.1, 0.15) is 0 Å². The molecule has 2 nitrogen and oxygen atoms in total. The van der Waals surface area contributed by atoms with Crippen molar-refractivity contribution in [2.75, 3.05) is 6.61 Å². The normalized spacial score (nSPS) is 57.0. The van der Waals surface area contributed by atoms with Gasteiger partial charge in [-0.3, -0.25) is 4.79 Å². The molecule has 0 bridgehead atoms. The number of carbonyl (C=O) groups is 1. The van der Waals surface area contributed by atoms with Crippen LogP contribution in [0.15, 0.2) is 24.3 Å². The van der Waals surface area contributed by atoms with Crippen molar-refractivity contribution in [1.82, 2.24) is 0 Å². The second-order valence-electron chi connectivity index (χ2n) is 10.5. The Morgan fingerprint density at radius 2 is 2.15 bits per heavy atom. The summed E-state index contributed by atoms with van der Waals surface area (Å²) in [6.45, 7) is 7.84. The molecule has 0 aromatic rings. The summed E-state index contributed by atoms with van der Waals surface area (Å²) in [7, 11) is 0. The lowest BCUT2D eigenvalue weighted by atomic mass is 9.46. The molecule has 1 spiro atoms. The molecule has 0 amide bonds. The zero-order chi connectivity index (χ0) is 17.7. The molecule has 26 heavy (non-hydrogen) atoms. The highest BCUT2D eigenvalue weighted by atomic mass is 16.5. The van der Waals surface area contributed by atoms with Crippen molar-refractivity contribution in [2.45, 2.75) is 63.9 Å². The Hall–Kier alpha value is -0.890. The maximum absolute atomic E-state index is 12.0. The van der Waals surface area contributed by atoms with Crippen molar-refractivity contribution in [2.24, 2.45) is 46.8 Å². The number of ketones is 1. The third kappa shape index (κ3) is 1.76. The average molecular weight is 353 g/mol. The minimum Gasteiger partial charge on any atom is -0.374 e. The van der Waals surface area contributed by atoms with Gasteiger partial charge in [-0.2, -0.15) is 0 Å². The molecule has 0 aromatic carbocycles. The molecule has 5 fully saturated rings. The molecule has 5 aliphatic carbocycles. The van der Waals surface area contributed by atoms with Crippen molar-refractivity contribution in [3.05, 3.63) is 24.3 Å². The molecular weight excluding hydrogens is 320 g/mol. The molecule has 140 valence electrons. The average Bonchev–Trinajstić information content (AvgIpc) is 3.20.